The van der Waals surface area contributed by atoms with Gasteiger partial charge in [0.25, 0.3) is 0 Å². The third-order valence-electron chi connectivity index (χ3n) is 4.58. The Labute approximate surface area is 172 Å². The molecular weight excluding hydrogens is 360 g/mol. The Morgan fingerprint density at radius 3 is 1.72 bits per heavy atom. The molecule has 0 bridgehead atoms. The van der Waals surface area contributed by atoms with Gasteiger partial charge in [0.15, 0.2) is 0 Å². The maximum absolute atomic E-state index is 4.02. The van der Waals surface area contributed by atoms with Crippen LogP contribution in [0.5, 0.6) is 0 Å². The Morgan fingerprint density at radius 2 is 1.24 bits per heavy atom. The van der Waals surface area contributed by atoms with Crippen molar-refractivity contribution < 1.29 is 0 Å². The second-order valence-corrected chi connectivity index (χ2v) is 6.70. The van der Waals surface area contributed by atoms with Gasteiger partial charge in [0.1, 0.15) is 0 Å². The van der Waals surface area contributed by atoms with E-state index in [2.05, 4.69) is 80.1 Å². The van der Waals surface area contributed by atoms with E-state index in [4.69, 9.17) is 0 Å². The maximum Gasteiger partial charge on any atom is 0.0922 e. The van der Waals surface area contributed by atoms with Crippen LogP contribution in [0.2, 0.25) is 0 Å². The van der Waals surface area contributed by atoms with E-state index in [1.165, 1.54) is 11.4 Å². The number of aromatic nitrogens is 4. The largest absolute Gasteiger partial charge is 0.369 e. The number of hydrogen-bond acceptors (Lipinski definition) is 4. The highest BCUT2D eigenvalue weighted by atomic mass is 15.1. The predicted molar refractivity (Wildman–Crippen MR) is 119 cm³/mol. The van der Waals surface area contributed by atoms with Crippen molar-refractivity contribution >= 4 is 11.4 Å². The molecule has 0 saturated carbocycles. The number of nitrogens with zero attached hydrogens (tertiary/aromatic N) is 4. The summed E-state index contributed by atoms with van der Waals surface area (Å²) in [5, 5.41) is 0. The van der Waals surface area contributed by atoms with E-state index < -0.39 is 0 Å². The number of H-pyrrole nitrogens is 2. The minimum Gasteiger partial charge on any atom is -0.369 e. The van der Waals surface area contributed by atoms with Crippen LogP contribution >= 0.6 is 0 Å². The number of nitrogens with one attached hydrogen (secondary N) is 2. The summed E-state index contributed by atoms with van der Waals surface area (Å²) in [5.41, 5.74) is 4.72. The molecule has 6 nitrogen and oxygen atoms in total. The highest BCUT2D eigenvalue weighted by molar-refractivity contribution is 5.46. The molecule has 0 aliphatic rings. The second kappa shape index (κ2) is 10.7. The van der Waals surface area contributed by atoms with Gasteiger partial charge in [0.05, 0.1) is 37.1 Å². The first-order valence-electron chi connectivity index (χ1n) is 9.77. The van der Waals surface area contributed by atoms with Gasteiger partial charge in [-0.25, -0.2) is 9.97 Å². The van der Waals surface area contributed by atoms with Crippen molar-refractivity contribution in [3.63, 3.8) is 0 Å². The number of rotatable bonds is 7. The molecule has 2 aromatic carbocycles. The van der Waals surface area contributed by atoms with Crippen molar-refractivity contribution in [3.8, 4) is 0 Å². The lowest BCUT2D eigenvalue weighted by atomic mass is 10.2. The van der Waals surface area contributed by atoms with Crippen LogP contribution in [0.25, 0.3) is 0 Å². The summed E-state index contributed by atoms with van der Waals surface area (Å²) in [6.45, 7) is 4.87. The summed E-state index contributed by atoms with van der Waals surface area (Å²) in [7, 11) is 2.07. The third kappa shape index (κ3) is 6.24. The molecule has 0 aliphatic carbocycles. The highest BCUT2D eigenvalue weighted by Crippen LogP contribution is 2.15. The molecule has 2 N–H and O–H groups in total. The fourth-order valence-electron chi connectivity index (χ4n) is 3.00. The Hall–Kier alpha value is -3.54. The van der Waals surface area contributed by atoms with Crippen molar-refractivity contribution in [2.24, 2.45) is 0 Å². The highest BCUT2D eigenvalue weighted by Gasteiger charge is 2.04. The van der Waals surface area contributed by atoms with Crippen molar-refractivity contribution in [1.29, 1.82) is 0 Å². The number of benzene rings is 2. The van der Waals surface area contributed by atoms with E-state index in [-0.39, 0.29) is 0 Å². The lowest BCUT2D eigenvalue weighted by Gasteiger charge is -2.22. The van der Waals surface area contributed by atoms with Gasteiger partial charge in [-0.2, -0.15) is 0 Å². The van der Waals surface area contributed by atoms with Crippen LogP contribution in [0, 0.1) is 0 Å². The van der Waals surface area contributed by atoms with Crippen molar-refractivity contribution in [2.45, 2.75) is 20.0 Å². The first-order valence-corrected chi connectivity index (χ1v) is 9.77. The normalized spacial score (nSPS) is 10.1. The SMILES string of the molecule is CCN(Cc1cnc[nH]1)c1ccccc1.CN(Cc1cnc[nH]1)c1ccccc1. The first kappa shape index (κ1) is 20.2. The minimum absolute atomic E-state index is 0.851. The van der Waals surface area contributed by atoms with Crippen LogP contribution in [0.4, 0.5) is 11.4 Å². The van der Waals surface area contributed by atoms with E-state index in [9.17, 15) is 0 Å². The molecule has 6 heteroatoms. The molecule has 0 atom stereocenters. The second-order valence-electron chi connectivity index (χ2n) is 6.70. The van der Waals surface area contributed by atoms with Crippen LogP contribution in [-0.2, 0) is 13.1 Å². The van der Waals surface area contributed by atoms with Gasteiger partial charge >= 0.3 is 0 Å². The van der Waals surface area contributed by atoms with E-state index in [1.54, 1.807) is 12.7 Å². The molecule has 0 amide bonds. The third-order valence-corrected chi connectivity index (χ3v) is 4.58. The molecule has 2 aromatic heterocycles. The van der Waals surface area contributed by atoms with Gasteiger partial charge in [-0.3, -0.25) is 0 Å². The number of aromatic amines is 2. The molecule has 0 unspecified atom stereocenters. The van der Waals surface area contributed by atoms with Gasteiger partial charge in [0.2, 0.25) is 0 Å². The Bertz CT molecular complexity index is 905. The molecule has 0 fully saturated rings. The molecule has 2 heterocycles. The van der Waals surface area contributed by atoms with E-state index in [1.807, 2.05) is 36.7 Å². The quantitative estimate of drug-likeness (QED) is 0.490. The summed E-state index contributed by atoms with van der Waals surface area (Å²) < 4.78 is 0. The summed E-state index contributed by atoms with van der Waals surface area (Å²) in [5.74, 6) is 0. The van der Waals surface area contributed by atoms with Crippen molar-refractivity contribution in [2.75, 3.05) is 23.4 Å². The van der Waals surface area contributed by atoms with Crippen LogP contribution < -0.4 is 9.80 Å². The predicted octanol–water partition coefficient (Wildman–Crippen LogP) is 4.48. The van der Waals surface area contributed by atoms with Crippen LogP contribution in [0.1, 0.15) is 18.3 Å². The number of anilines is 2. The molecule has 0 spiro atoms. The zero-order valence-corrected chi connectivity index (χ0v) is 17.0. The molecule has 4 aromatic rings. The average Bonchev–Trinajstić information content (AvgIpc) is 3.48. The van der Waals surface area contributed by atoms with E-state index in [0.29, 0.717) is 0 Å². The Balaban J connectivity index is 0.000000166. The fourth-order valence-corrected chi connectivity index (χ4v) is 3.00. The van der Waals surface area contributed by atoms with E-state index in [0.717, 1.165) is 31.0 Å². The molecule has 150 valence electrons. The Morgan fingerprint density at radius 1 is 0.724 bits per heavy atom. The summed E-state index contributed by atoms with van der Waals surface area (Å²) >= 11 is 0. The summed E-state index contributed by atoms with van der Waals surface area (Å²) in [4.78, 5) is 18.7. The lowest BCUT2D eigenvalue weighted by molar-refractivity contribution is 0.815. The molecule has 0 aliphatic heterocycles. The van der Waals surface area contributed by atoms with Crippen LogP contribution in [-0.4, -0.2) is 33.5 Å². The van der Waals surface area contributed by atoms with Gasteiger partial charge in [0, 0.05) is 37.4 Å². The molecule has 0 saturated heterocycles. The van der Waals surface area contributed by atoms with Crippen molar-refractivity contribution in [1.82, 2.24) is 19.9 Å². The van der Waals surface area contributed by atoms with Gasteiger partial charge in [-0.15, -0.1) is 0 Å². The zero-order chi connectivity index (χ0) is 20.3. The molecule has 4 rings (SSSR count). The Kier molecular flexibility index (Phi) is 7.46. The zero-order valence-electron chi connectivity index (χ0n) is 17.0. The first-order chi connectivity index (χ1) is 14.3. The summed E-state index contributed by atoms with van der Waals surface area (Å²) in [6.07, 6.45) is 7.13. The molecule has 0 radical (unpaired) electrons. The van der Waals surface area contributed by atoms with Crippen LogP contribution in [0.3, 0.4) is 0 Å². The average molecular weight is 389 g/mol. The smallest absolute Gasteiger partial charge is 0.0922 e. The number of para-hydroxylation sites is 2. The summed E-state index contributed by atoms with van der Waals surface area (Å²) in [6, 6.07) is 20.7. The number of hydrogen-bond donors (Lipinski definition) is 2. The monoisotopic (exact) mass is 388 g/mol. The molecular formula is C23H28N6. The van der Waals surface area contributed by atoms with Gasteiger partial charge in [-0.05, 0) is 31.2 Å². The lowest BCUT2D eigenvalue weighted by Crippen LogP contribution is -2.21. The number of imidazole rings is 2. The van der Waals surface area contributed by atoms with Gasteiger partial charge < -0.3 is 19.8 Å². The maximum atomic E-state index is 4.02. The minimum atomic E-state index is 0.851. The van der Waals surface area contributed by atoms with Crippen molar-refractivity contribution in [3.05, 3.63) is 97.1 Å². The fraction of sp³-hybridized carbons (Fsp3) is 0.217. The van der Waals surface area contributed by atoms with E-state index >= 15 is 0 Å². The van der Waals surface area contributed by atoms with Crippen LogP contribution in [0.15, 0.2) is 85.7 Å². The molecule has 29 heavy (non-hydrogen) atoms. The van der Waals surface area contributed by atoms with Gasteiger partial charge in [-0.1, -0.05) is 36.4 Å². The topological polar surface area (TPSA) is 63.8 Å². The standard InChI is InChI=1S/C12H15N3.C11H13N3/c1-2-15(9-11-8-13-10-14-11)12-6-4-3-5-7-12;1-14(8-10-7-12-9-13-10)11-5-3-2-4-6-11/h3-8,10H,2,9H2,1H3,(H,13,14);2-7,9H,8H2,1H3,(H,12,13).